The molecule has 3 nitrogen and oxygen atoms in total. The van der Waals surface area contributed by atoms with E-state index in [-0.39, 0.29) is 6.04 Å². The van der Waals surface area contributed by atoms with Crippen LogP contribution in [0.3, 0.4) is 0 Å². The normalized spacial score (nSPS) is 12.2. The molecule has 2 rings (SSSR count). The van der Waals surface area contributed by atoms with Gasteiger partial charge in [-0.15, -0.1) is 11.3 Å². The minimum atomic E-state index is -0.206. The molecule has 0 saturated carbocycles. The molecule has 1 atom stereocenters. The molecule has 20 heavy (non-hydrogen) atoms. The van der Waals surface area contributed by atoms with Crippen LogP contribution in [0.25, 0.3) is 0 Å². The van der Waals surface area contributed by atoms with Crippen molar-refractivity contribution in [3.05, 3.63) is 45.1 Å². The highest BCUT2D eigenvalue weighted by molar-refractivity contribution is 7.16. The van der Waals surface area contributed by atoms with Crippen molar-refractivity contribution < 1.29 is 9.47 Å². The Balaban J connectivity index is 2.29. The van der Waals surface area contributed by atoms with Crippen LogP contribution in [0, 0.1) is 0 Å². The molecule has 1 aromatic carbocycles. The fourth-order valence-corrected chi connectivity index (χ4v) is 3.01. The Bertz CT molecular complexity index is 571. The Morgan fingerprint density at radius 2 is 1.80 bits per heavy atom. The van der Waals surface area contributed by atoms with Gasteiger partial charge >= 0.3 is 0 Å². The average molecular weight is 312 g/mol. The Morgan fingerprint density at radius 3 is 2.40 bits per heavy atom. The molecule has 0 aliphatic heterocycles. The number of nitrogens with two attached hydrogens (primary N) is 1. The molecule has 2 N–H and O–H groups in total. The van der Waals surface area contributed by atoms with E-state index in [1.54, 1.807) is 0 Å². The molecule has 0 aliphatic rings. The van der Waals surface area contributed by atoms with Gasteiger partial charge in [-0.25, -0.2) is 0 Å². The molecule has 0 saturated heterocycles. The van der Waals surface area contributed by atoms with Gasteiger partial charge in [-0.2, -0.15) is 0 Å². The lowest BCUT2D eigenvalue weighted by molar-refractivity contribution is 0.287. The monoisotopic (exact) mass is 311 g/mol. The third-order valence-electron chi connectivity index (χ3n) is 2.83. The first-order valence-corrected chi connectivity index (χ1v) is 7.75. The van der Waals surface area contributed by atoms with Crippen molar-refractivity contribution in [3.8, 4) is 11.5 Å². The summed E-state index contributed by atoms with van der Waals surface area (Å²) in [4.78, 5) is 1.03. The second-order valence-electron chi connectivity index (χ2n) is 4.19. The molecule has 0 bridgehead atoms. The van der Waals surface area contributed by atoms with Gasteiger partial charge in [0.1, 0.15) is 0 Å². The van der Waals surface area contributed by atoms with Crippen LogP contribution in [0.15, 0.2) is 30.3 Å². The summed E-state index contributed by atoms with van der Waals surface area (Å²) in [5.41, 5.74) is 7.26. The van der Waals surface area contributed by atoms with Crippen molar-refractivity contribution in [2.75, 3.05) is 13.2 Å². The first-order valence-electron chi connectivity index (χ1n) is 6.56. The highest BCUT2D eigenvalue weighted by Crippen LogP contribution is 2.34. The summed E-state index contributed by atoms with van der Waals surface area (Å²) in [6.45, 7) is 5.08. The molecule has 1 aromatic heterocycles. The van der Waals surface area contributed by atoms with Crippen molar-refractivity contribution in [3.63, 3.8) is 0 Å². The number of benzene rings is 1. The zero-order valence-electron chi connectivity index (χ0n) is 11.6. The Hall–Kier alpha value is -1.23. The molecular formula is C15H18ClNO2S. The summed E-state index contributed by atoms with van der Waals surface area (Å²) >= 11 is 7.45. The molecule has 0 spiro atoms. The summed E-state index contributed by atoms with van der Waals surface area (Å²) in [7, 11) is 0. The third-order valence-corrected chi connectivity index (χ3v) is 4.14. The predicted octanol–water partition coefficient (Wildman–Crippen LogP) is 4.25. The molecule has 0 amide bonds. The maximum Gasteiger partial charge on any atom is 0.161 e. The van der Waals surface area contributed by atoms with Crippen molar-refractivity contribution in [2.24, 2.45) is 5.73 Å². The first-order chi connectivity index (χ1) is 9.65. The molecular weight excluding hydrogens is 294 g/mol. The van der Waals surface area contributed by atoms with Gasteiger partial charge in [-0.3, -0.25) is 0 Å². The number of hydrogen-bond donors (Lipinski definition) is 1. The van der Waals surface area contributed by atoms with E-state index in [0.29, 0.717) is 13.2 Å². The van der Waals surface area contributed by atoms with Gasteiger partial charge in [0.15, 0.2) is 11.5 Å². The second kappa shape index (κ2) is 6.97. The van der Waals surface area contributed by atoms with Gasteiger partial charge < -0.3 is 15.2 Å². The van der Waals surface area contributed by atoms with Crippen LogP contribution in [-0.4, -0.2) is 13.2 Å². The van der Waals surface area contributed by atoms with Crippen LogP contribution in [-0.2, 0) is 0 Å². The van der Waals surface area contributed by atoms with Crippen molar-refractivity contribution >= 4 is 22.9 Å². The Kier molecular flexibility index (Phi) is 5.29. The van der Waals surface area contributed by atoms with Gasteiger partial charge in [0, 0.05) is 4.88 Å². The smallest absolute Gasteiger partial charge is 0.161 e. The van der Waals surface area contributed by atoms with Gasteiger partial charge in [0.2, 0.25) is 0 Å². The van der Waals surface area contributed by atoms with E-state index in [4.69, 9.17) is 26.8 Å². The van der Waals surface area contributed by atoms with E-state index in [0.717, 1.165) is 26.3 Å². The van der Waals surface area contributed by atoms with Gasteiger partial charge in [-0.1, -0.05) is 17.7 Å². The minimum Gasteiger partial charge on any atom is -0.490 e. The molecule has 1 unspecified atom stereocenters. The van der Waals surface area contributed by atoms with Crippen LogP contribution < -0.4 is 15.2 Å². The van der Waals surface area contributed by atoms with Gasteiger partial charge in [0.25, 0.3) is 0 Å². The lowest BCUT2D eigenvalue weighted by Crippen LogP contribution is -2.10. The Labute approximate surface area is 128 Å². The zero-order valence-corrected chi connectivity index (χ0v) is 13.1. The number of rotatable bonds is 6. The molecule has 1 heterocycles. The summed E-state index contributed by atoms with van der Waals surface area (Å²) in [6, 6.07) is 9.41. The fourth-order valence-electron chi connectivity index (χ4n) is 1.92. The quantitative estimate of drug-likeness (QED) is 0.867. The molecule has 2 aromatic rings. The van der Waals surface area contributed by atoms with E-state index in [1.807, 2.05) is 44.2 Å². The fraction of sp³-hybridized carbons (Fsp3) is 0.333. The number of hydrogen-bond acceptors (Lipinski definition) is 4. The number of ether oxygens (including phenoxy) is 2. The van der Waals surface area contributed by atoms with Crippen LogP contribution in [0.4, 0.5) is 0 Å². The topological polar surface area (TPSA) is 44.5 Å². The maximum atomic E-state index is 6.27. The van der Waals surface area contributed by atoms with Crippen LogP contribution in [0.1, 0.15) is 30.3 Å². The SMILES string of the molecule is CCOc1ccc(C(N)c2ccc(Cl)s2)cc1OCC. The zero-order chi connectivity index (χ0) is 14.5. The summed E-state index contributed by atoms with van der Waals surface area (Å²) in [5, 5.41) is 0. The maximum absolute atomic E-state index is 6.27. The van der Waals surface area contributed by atoms with Crippen molar-refractivity contribution in [2.45, 2.75) is 19.9 Å². The molecule has 108 valence electrons. The third kappa shape index (κ3) is 3.45. The predicted molar refractivity (Wildman–Crippen MR) is 84.1 cm³/mol. The summed E-state index contributed by atoms with van der Waals surface area (Å²) in [5.74, 6) is 1.47. The molecule has 0 aliphatic carbocycles. The Morgan fingerprint density at radius 1 is 1.10 bits per heavy atom. The number of thiophene rings is 1. The standard InChI is InChI=1S/C15H18ClNO2S/c1-3-18-11-6-5-10(9-12(11)19-4-2)15(17)13-7-8-14(16)20-13/h5-9,15H,3-4,17H2,1-2H3. The van der Waals surface area contributed by atoms with Crippen molar-refractivity contribution in [1.29, 1.82) is 0 Å². The highest BCUT2D eigenvalue weighted by atomic mass is 35.5. The second-order valence-corrected chi connectivity index (χ2v) is 5.94. The van der Waals surface area contributed by atoms with Crippen LogP contribution in [0.5, 0.6) is 11.5 Å². The van der Waals surface area contributed by atoms with E-state index >= 15 is 0 Å². The number of halogens is 1. The lowest BCUT2D eigenvalue weighted by atomic mass is 10.1. The van der Waals surface area contributed by atoms with Crippen molar-refractivity contribution in [1.82, 2.24) is 0 Å². The van der Waals surface area contributed by atoms with E-state index < -0.39 is 0 Å². The average Bonchev–Trinajstić information content (AvgIpc) is 2.87. The van der Waals surface area contributed by atoms with E-state index in [1.165, 1.54) is 11.3 Å². The van der Waals surface area contributed by atoms with Gasteiger partial charge in [-0.05, 0) is 43.7 Å². The summed E-state index contributed by atoms with van der Waals surface area (Å²) in [6.07, 6.45) is 0. The largest absolute Gasteiger partial charge is 0.490 e. The highest BCUT2D eigenvalue weighted by Gasteiger charge is 2.14. The van der Waals surface area contributed by atoms with Crippen LogP contribution in [0.2, 0.25) is 4.34 Å². The lowest BCUT2D eigenvalue weighted by Gasteiger charge is -2.15. The van der Waals surface area contributed by atoms with E-state index in [2.05, 4.69) is 0 Å². The summed E-state index contributed by atoms with van der Waals surface area (Å²) < 4.78 is 11.9. The molecule has 0 fully saturated rings. The molecule has 5 heteroatoms. The van der Waals surface area contributed by atoms with Gasteiger partial charge in [0.05, 0.1) is 23.6 Å². The molecule has 0 radical (unpaired) electrons. The first kappa shape index (κ1) is 15.2. The minimum absolute atomic E-state index is 0.206. The van der Waals surface area contributed by atoms with Crippen LogP contribution >= 0.6 is 22.9 Å². The van der Waals surface area contributed by atoms with E-state index in [9.17, 15) is 0 Å².